The van der Waals surface area contributed by atoms with E-state index in [1.54, 1.807) is 18.5 Å². The number of pyridine rings is 1. The van der Waals surface area contributed by atoms with Gasteiger partial charge in [-0.05, 0) is 46.1 Å². The zero-order chi connectivity index (χ0) is 22.0. The highest BCUT2D eigenvalue weighted by Gasteiger charge is 2.43. The number of hydrogen-bond donors (Lipinski definition) is 1. The molecule has 5 rings (SSSR count). The van der Waals surface area contributed by atoms with Crippen LogP contribution >= 0.6 is 11.6 Å². The monoisotopic (exact) mass is 440 g/mol. The van der Waals surface area contributed by atoms with E-state index in [-0.39, 0.29) is 28.3 Å². The predicted molar refractivity (Wildman–Crippen MR) is 117 cm³/mol. The van der Waals surface area contributed by atoms with Crippen molar-refractivity contribution in [3.63, 3.8) is 0 Å². The van der Waals surface area contributed by atoms with Crippen LogP contribution in [0.2, 0.25) is 0 Å². The zero-order valence-corrected chi connectivity index (χ0v) is 18.6. The summed E-state index contributed by atoms with van der Waals surface area (Å²) in [5, 5.41) is 7.37. The Bertz CT molecular complexity index is 1110. The second kappa shape index (κ2) is 6.88. The third kappa shape index (κ3) is 3.43. The second-order valence-corrected chi connectivity index (χ2v) is 10.1. The van der Waals surface area contributed by atoms with Crippen LogP contribution in [-0.4, -0.2) is 56.3 Å². The topological polar surface area (TPSA) is 92.5 Å². The number of piperidine rings is 1. The van der Waals surface area contributed by atoms with Crippen LogP contribution in [0.1, 0.15) is 71.1 Å². The molecule has 1 fully saturated rings. The number of nitrogens with zero attached hydrogens (tertiary/aromatic N) is 5. The van der Waals surface area contributed by atoms with Gasteiger partial charge in [0.1, 0.15) is 5.38 Å². The highest BCUT2D eigenvalue weighted by atomic mass is 35.5. The molecule has 1 saturated heterocycles. The van der Waals surface area contributed by atoms with E-state index in [2.05, 4.69) is 41.2 Å². The van der Waals surface area contributed by atoms with Crippen LogP contribution in [0.25, 0.3) is 0 Å². The van der Waals surface area contributed by atoms with E-state index in [0.717, 1.165) is 12.0 Å². The number of amides is 2. The van der Waals surface area contributed by atoms with Crippen LogP contribution in [0.5, 0.6) is 0 Å². The van der Waals surface area contributed by atoms with Crippen molar-refractivity contribution in [1.29, 1.82) is 0 Å². The van der Waals surface area contributed by atoms with Crippen molar-refractivity contribution in [3.05, 3.63) is 41.0 Å². The van der Waals surface area contributed by atoms with E-state index < -0.39 is 0 Å². The minimum atomic E-state index is -0.337. The molecule has 3 aliphatic rings. The molecular formula is C22H25ClN6O2. The summed E-state index contributed by atoms with van der Waals surface area (Å²) in [6.45, 7) is 7.33. The number of likely N-dealkylation sites (tertiary alicyclic amines) is 1. The second-order valence-electron chi connectivity index (χ2n) is 9.63. The van der Waals surface area contributed by atoms with Gasteiger partial charge in [-0.15, -0.1) is 11.6 Å². The molecule has 1 N–H and O–H groups in total. The van der Waals surface area contributed by atoms with E-state index >= 15 is 0 Å². The Hall–Kier alpha value is -2.74. The maximum Gasteiger partial charge on any atom is 0.272 e. The first-order chi connectivity index (χ1) is 14.7. The Morgan fingerprint density at radius 3 is 2.74 bits per heavy atom. The SMILES string of the molecule is CC(C)(C)n1cc2c(n1)C(=O)NC1(CCN(C(=O)c3cnc4c(c3)N=CC4Cl)CC1)C2. The Morgan fingerprint density at radius 2 is 2.03 bits per heavy atom. The van der Waals surface area contributed by atoms with Crippen LogP contribution in [0.15, 0.2) is 23.5 Å². The molecule has 1 unspecified atom stereocenters. The van der Waals surface area contributed by atoms with Crippen molar-refractivity contribution < 1.29 is 9.59 Å². The Balaban J connectivity index is 1.30. The normalized spacial score (nSPS) is 21.7. The number of aromatic nitrogens is 3. The third-order valence-corrected chi connectivity index (χ3v) is 6.68. The lowest BCUT2D eigenvalue weighted by molar-refractivity contribution is 0.0605. The minimum Gasteiger partial charge on any atom is -0.345 e. The number of rotatable bonds is 1. The van der Waals surface area contributed by atoms with Crippen molar-refractivity contribution in [2.45, 2.75) is 56.5 Å². The maximum absolute atomic E-state index is 13.0. The molecule has 2 aromatic rings. The van der Waals surface area contributed by atoms with Crippen molar-refractivity contribution in [1.82, 2.24) is 25.0 Å². The summed E-state index contributed by atoms with van der Waals surface area (Å²) < 4.78 is 1.86. The van der Waals surface area contributed by atoms with Gasteiger partial charge in [0, 0.05) is 42.8 Å². The number of aliphatic imine (C=N–C) groups is 1. The summed E-state index contributed by atoms with van der Waals surface area (Å²) in [6, 6.07) is 1.75. The maximum atomic E-state index is 13.0. The molecule has 31 heavy (non-hydrogen) atoms. The van der Waals surface area contributed by atoms with Gasteiger partial charge >= 0.3 is 0 Å². The number of carbonyl (C=O) groups is 2. The standard InChI is InChI=1S/C22H25ClN6O2/c1-21(2,3)29-12-14-9-22(26-19(30)17(14)27-29)4-6-28(7-5-22)20(31)13-8-16-18(25-10-13)15(23)11-24-16/h8,10-12,15H,4-7,9H2,1-3H3,(H,26,30). The summed E-state index contributed by atoms with van der Waals surface area (Å²) in [5.41, 5.74) is 2.83. The van der Waals surface area contributed by atoms with Gasteiger partial charge in [0.15, 0.2) is 5.69 Å². The molecule has 8 nitrogen and oxygen atoms in total. The number of hydrogen-bond acceptors (Lipinski definition) is 5. The van der Waals surface area contributed by atoms with Gasteiger partial charge in [0.25, 0.3) is 11.8 Å². The summed E-state index contributed by atoms with van der Waals surface area (Å²) in [4.78, 5) is 36.2. The molecule has 0 aliphatic carbocycles. The first-order valence-corrected chi connectivity index (χ1v) is 11.0. The van der Waals surface area contributed by atoms with E-state index in [0.29, 0.717) is 48.6 Å². The number of fused-ring (bicyclic) bond motifs is 2. The summed E-state index contributed by atoms with van der Waals surface area (Å²) in [6.07, 6.45) is 7.33. The van der Waals surface area contributed by atoms with Crippen molar-refractivity contribution in [2.75, 3.05) is 13.1 Å². The molecule has 0 radical (unpaired) electrons. The number of halogens is 1. The van der Waals surface area contributed by atoms with E-state index in [9.17, 15) is 9.59 Å². The van der Waals surface area contributed by atoms with Gasteiger partial charge in [-0.25, -0.2) is 0 Å². The van der Waals surface area contributed by atoms with E-state index in [1.807, 2.05) is 15.8 Å². The fourth-order valence-electron chi connectivity index (χ4n) is 4.52. The zero-order valence-electron chi connectivity index (χ0n) is 17.9. The number of nitrogens with one attached hydrogen (secondary N) is 1. The Kier molecular flexibility index (Phi) is 4.48. The molecule has 3 aliphatic heterocycles. The molecule has 162 valence electrons. The van der Waals surface area contributed by atoms with Crippen LogP contribution in [0.4, 0.5) is 5.69 Å². The van der Waals surface area contributed by atoms with Gasteiger partial charge in [0.05, 0.1) is 22.5 Å². The molecule has 9 heteroatoms. The largest absolute Gasteiger partial charge is 0.345 e. The number of alkyl halides is 1. The molecule has 1 spiro atoms. The first-order valence-electron chi connectivity index (χ1n) is 10.5. The van der Waals surface area contributed by atoms with Gasteiger partial charge in [-0.3, -0.25) is 24.2 Å². The van der Waals surface area contributed by atoms with E-state index in [1.165, 1.54) is 0 Å². The quantitative estimate of drug-likeness (QED) is 0.690. The Morgan fingerprint density at radius 1 is 1.29 bits per heavy atom. The van der Waals surface area contributed by atoms with Crippen molar-refractivity contribution in [3.8, 4) is 0 Å². The van der Waals surface area contributed by atoms with Gasteiger partial charge < -0.3 is 10.2 Å². The third-order valence-electron chi connectivity index (χ3n) is 6.36. The van der Waals surface area contributed by atoms with Gasteiger partial charge in [0.2, 0.25) is 0 Å². The van der Waals surface area contributed by atoms with Crippen LogP contribution in [-0.2, 0) is 12.0 Å². The fourth-order valence-corrected chi connectivity index (χ4v) is 4.74. The molecule has 5 heterocycles. The van der Waals surface area contributed by atoms with Crippen molar-refractivity contribution >= 4 is 35.3 Å². The molecule has 0 bridgehead atoms. The Labute approximate surface area is 185 Å². The molecule has 2 aromatic heterocycles. The lowest BCUT2D eigenvalue weighted by atomic mass is 9.79. The lowest BCUT2D eigenvalue weighted by Gasteiger charge is -2.44. The van der Waals surface area contributed by atoms with E-state index in [4.69, 9.17) is 11.6 Å². The van der Waals surface area contributed by atoms with Crippen LogP contribution in [0, 0.1) is 0 Å². The fraction of sp³-hybridized carbons (Fsp3) is 0.500. The molecule has 2 amide bonds. The lowest BCUT2D eigenvalue weighted by Crippen LogP contribution is -2.59. The molecular weight excluding hydrogens is 416 g/mol. The first kappa shape index (κ1) is 20.2. The average Bonchev–Trinajstić information content (AvgIpc) is 3.32. The van der Waals surface area contributed by atoms with Crippen LogP contribution < -0.4 is 5.32 Å². The van der Waals surface area contributed by atoms with Crippen molar-refractivity contribution in [2.24, 2.45) is 4.99 Å². The summed E-state index contributed by atoms with van der Waals surface area (Å²) in [7, 11) is 0. The minimum absolute atomic E-state index is 0.0678. The average molecular weight is 441 g/mol. The molecule has 0 saturated carbocycles. The van der Waals surface area contributed by atoms with Gasteiger partial charge in [-0.2, -0.15) is 5.10 Å². The summed E-state index contributed by atoms with van der Waals surface area (Å²) in [5.74, 6) is -0.193. The summed E-state index contributed by atoms with van der Waals surface area (Å²) >= 11 is 6.13. The highest BCUT2D eigenvalue weighted by Crippen LogP contribution is 2.35. The molecule has 1 atom stereocenters. The predicted octanol–water partition coefficient (Wildman–Crippen LogP) is 2.99. The van der Waals surface area contributed by atoms with Gasteiger partial charge in [-0.1, -0.05) is 0 Å². The number of carbonyl (C=O) groups excluding carboxylic acids is 2. The molecule has 0 aromatic carbocycles. The smallest absolute Gasteiger partial charge is 0.272 e. The highest BCUT2D eigenvalue weighted by molar-refractivity contribution is 6.29. The van der Waals surface area contributed by atoms with Crippen LogP contribution in [0.3, 0.4) is 0 Å².